The van der Waals surface area contributed by atoms with E-state index in [1.165, 1.54) is 0 Å². The van der Waals surface area contributed by atoms with Crippen LogP contribution in [0.15, 0.2) is 148 Å². The Morgan fingerprint density at radius 2 is 0.959 bits per heavy atom. The third kappa shape index (κ3) is 5.28. The molecule has 0 unspecified atom stereocenters. The van der Waals surface area contributed by atoms with Crippen LogP contribution >= 0.6 is 8.16 Å². The molecule has 5 nitrogen and oxygen atoms in total. The van der Waals surface area contributed by atoms with E-state index in [4.69, 9.17) is 17.9 Å². The van der Waals surface area contributed by atoms with Crippen LogP contribution in [0.5, 0.6) is 11.5 Å². The van der Waals surface area contributed by atoms with E-state index in [1.54, 1.807) is 14.2 Å². The van der Waals surface area contributed by atoms with Gasteiger partial charge in [-0.3, -0.25) is 4.67 Å². The average Bonchev–Trinajstić information content (AvgIpc) is 3.33. The van der Waals surface area contributed by atoms with Crippen LogP contribution in [-0.4, -0.2) is 14.2 Å². The first-order chi connectivity index (χ1) is 24.1. The molecule has 8 rings (SSSR count). The lowest BCUT2D eigenvalue weighted by molar-refractivity contribution is 0.395. The Morgan fingerprint density at radius 3 is 1.41 bits per heavy atom. The van der Waals surface area contributed by atoms with E-state index < -0.39 is 8.16 Å². The van der Waals surface area contributed by atoms with Crippen molar-refractivity contribution >= 4 is 57.3 Å². The quantitative estimate of drug-likeness (QED) is 0.170. The predicted octanol–water partition coefficient (Wildman–Crippen LogP) is 12.3. The number of nitrogens with zero attached hydrogens (tertiary/aromatic N) is 1. The fourth-order valence-electron chi connectivity index (χ4n) is 7.04. The van der Waals surface area contributed by atoms with E-state index in [1.807, 2.05) is 30.3 Å². The Kier molecular flexibility index (Phi) is 7.99. The Labute approximate surface area is 286 Å². The second-order valence-electron chi connectivity index (χ2n) is 12.2. The summed E-state index contributed by atoms with van der Waals surface area (Å²) in [5, 5.41) is 6.62. The third-order valence-electron chi connectivity index (χ3n) is 9.25. The maximum atomic E-state index is 7.38. The number of rotatable bonds is 7. The normalized spacial score (nSPS) is 11.4. The van der Waals surface area contributed by atoms with Crippen LogP contribution in [0.2, 0.25) is 0 Å². The highest BCUT2D eigenvalue weighted by Crippen LogP contribution is 2.55. The minimum atomic E-state index is -1.91. The fraction of sp³-hybridized carbons (Fsp3) is 0.116. The SMILES string of the molecule is COc1cccc(OC)c1N(C(c1ccccc1)c1ccccc1)p1oc2c(C)cc3ccccc3c2c2c(o1)c(C)cc1ccccc12. The highest BCUT2D eigenvalue weighted by Gasteiger charge is 2.33. The summed E-state index contributed by atoms with van der Waals surface area (Å²) >= 11 is 0. The molecule has 7 aromatic carbocycles. The topological polar surface area (TPSA) is 48.0 Å². The first-order valence-corrected chi connectivity index (χ1v) is 17.5. The molecule has 0 aliphatic carbocycles. The summed E-state index contributed by atoms with van der Waals surface area (Å²) in [7, 11) is 1.47. The van der Waals surface area contributed by atoms with Gasteiger partial charge in [-0.15, -0.1) is 0 Å². The molecule has 8 aromatic rings. The minimum Gasteiger partial charge on any atom is -0.494 e. The molecule has 242 valence electrons. The van der Waals surface area contributed by atoms with Gasteiger partial charge < -0.3 is 17.9 Å². The van der Waals surface area contributed by atoms with E-state index in [-0.39, 0.29) is 6.04 Å². The number of para-hydroxylation sites is 1. The summed E-state index contributed by atoms with van der Waals surface area (Å²) in [5.74, 6) is 1.31. The van der Waals surface area contributed by atoms with Gasteiger partial charge >= 0.3 is 8.16 Å². The van der Waals surface area contributed by atoms with Crippen LogP contribution in [0.1, 0.15) is 28.3 Å². The standard InChI is InChI=1S/C43H36NO4P/c1-28-26-32-20-11-13-22-34(32)38-39-35-23-14-12-21-33(35)27-29(2)43(39)48-49(47-42(28)38)44(41-36(45-3)24-15-25-37(41)46-4)40(30-16-7-5-8-17-30)31-18-9-6-10-19-31/h5-27,40H,1-4H3. The Balaban J connectivity index is 1.62. The molecule has 0 saturated carbocycles. The zero-order valence-electron chi connectivity index (χ0n) is 27.9. The Hall–Kier alpha value is -5.64. The monoisotopic (exact) mass is 661 g/mol. The lowest BCUT2D eigenvalue weighted by Crippen LogP contribution is -2.23. The number of ether oxygens (including phenoxy) is 2. The van der Waals surface area contributed by atoms with Gasteiger partial charge in [0.1, 0.15) is 28.4 Å². The molecule has 0 aliphatic heterocycles. The summed E-state index contributed by atoms with van der Waals surface area (Å²) in [6, 6.07) is 48.0. The van der Waals surface area contributed by atoms with Crippen LogP contribution in [0.4, 0.5) is 5.69 Å². The molecule has 1 aromatic heterocycles. The van der Waals surface area contributed by atoms with Gasteiger partial charge in [0.2, 0.25) is 0 Å². The molecular formula is C43H36NO4P. The summed E-state index contributed by atoms with van der Waals surface area (Å²) in [6.45, 7) is 4.25. The zero-order chi connectivity index (χ0) is 33.5. The van der Waals surface area contributed by atoms with Crippen molar-refractivity contribution < 1.29 is 17.9 Å². The Bertz CT molecular complexity index is 2340. The van der Waals surface area contributed by atoms with Crippen molar-refractivity contribution in [3.8, 4) is 11.5 Å². The van der Waals surface area contributed by atoms with E-state index in [9.17, 15) is 0 Å². The second kappa shape index (κ2) is 12.8. The minimum absolute atomic E-state index is 0.328. The smallest absolute Gasteiger partial charge is 0.342 e. The molecule has 0 atom stereocenters. The van der Waals surface area contributed by atoms with Crippen molar-refractivity contribution in [3.05, 3.63) is 162 Å². The Morgan fingerprint density at radius 1 is 0.531 bits per heavy atom. The lowest BCUT2D eigenvalue weighted by atomic mass is 9.95. The van der Waals surface area contributed by atoms with Crippen LogP contribution < -0.4 is 14.1 Å². The van der Waals surface area contributed by atoms with Crippen LogP contribution in [0.3, 0.4) is 0 Å². The number of hydrogen-bond donors (Lipinski definition) is 0. The molecule has 0 amide bonds. The van der Waals surface area contributed by atoms with Gasteiger partial charge in [-0.1, -0.05) is 115 Å². The molecule has 0 N–H and O–H groups in total. The van der Waals surface area contributed by atoms with Crippen LogP contribution in [0.25, 0.3) is 43.5 Å². The molecule has 0 bridgehead atoms. The molecule has 0 radical (unpaired) electrons. The van der Waals surface area contributed by atoms with Crippen LogP contribution in [-0.2, 0) is 0 Å². The fourth-order valence-corrected chi connectivity index (χ4v) is 8.85. The van der Waals surface area contributed by atoms with Gasteiger partial charge in [0.25, 0.3) is 0 Å². The third-order valence-corrected chi connectivity index (χ3v) is 10.7. The van der Waals surface area contributed by atoms with Crippen molar-refractivity contribution in [3.63, 3.8) is 0 Å². The average molecular weight is 662 g/mol. The number of anilines is 1. The molecule has 1 heterocycles. The highest BCUT2D eigenvalue weighted by atomic mass is 31.1. The molecule has 0 aliphatic rings. The van der Waals surface area contributed by atoms with Crippen LogP contribution in [0, 0.1) is 13.8 Å². The molecule has 0 spiro atoms. The molecular weight excluding hydrogens is 625 g/mol. The van der Waals surface area contributed by atoms with Gasteiger partial charge in [0, 0.05) is 10.8 Å². The number of benzene rings is 7. The summed E-state index contributed by atoms with van der Waals surface area (Å²) < 4.78 is 29.2. The molecule has 0 saturated heterocycles. The maximum absolute atomic E-state index is 7.38. The first kappa shape index (κ1) is 30.7. The van der Waals surface area contributed by atoms with Crippen molar-refractivity contribution in [2.45, 2.75) is 19.9 Å². The molecule has 6 heteroatoms. The van der Waals surface area contributed by atoms with Gasteiger partial charge in [-0.2, -0.15) is 0 Å². The van der Waals surface area contributed by atoms with Crippen molar-refractivity contribution in [2.75, 3.05) is 18.9 Å². The van der Waals surface area contributed by atoms with Gasteiger partial charge in [-0.05, 0) is 81.9 Å². The van der Waals surface area contributed by atoms with Crippen molar-refractivity contribution in [2.24, 2.45) is 0 Å². The lowest BCUT2D eigenvalue weighted by Gasteiger charge is -2.33. The molecule has 49 heavy (non-hydrogen) atoms. The first-order valence-electron chi connectivity index (χ1n) is 16.4. The second-order valence-corrected chi connectivity index (χ2v) is 13.5. The van der Waals surface area contributed by atoms with Crippen molar-refractivity contribution in [1.82, 2.24) is 0 Å². The highest BCUT2D eigenvalue weighted by molar-refractivity contribution is 7.39. The van der Waals surface area contributed by atoms with E-state index in [2.05, 4.69) is 128 Å². The summed E-state index contributed by atoms with van der Waals surface area (Å²) in [4.78, 5) is 0. The predicted molar refractivity (Wildman–Crippen MR) is 203 cm³/mol. The van der Waals surface area contributed by atoms with Gasteiger partial charge in [-0.25, -0.2) is 0 Å². The number of methoxy groups -OCH3 is 2. The number of aryl methyl sites for hydroxylation is 2. The van der Waals surface area contributed by atoms with Gasteiger partial charge in [0.15, 0.2) is 0 Å². The maximum Gasteiger partial charge on any atom is 0.342 e. The van der Waals surface area contributed by atoms with Gasteiger partial charge in [0.05, 0.1) is 20.3 Å². The van der Waals surface area contributed by atoms with E-state index >= 15 is 0 Å². The van der Waals surface area contributed by atoms with E-state index in [0.29, 0.717) is 11.5 Å². The van der Waals surface area contributed by atoms with E-state index in [0.717, 1.165) is 71.4 Å². The molecule has 0 fully saturated rings. The number of hydrogen-bond acceptors (Lipinski definition) is 5. The number of fused-ring (bicyclic) bond motifs is 7. The summed E-state index contributed by atoms with van der Waals surface area (Å²) in [5.41, 5.74) is 6.57. The largest absolute Gasteiger partial charge is 0.494 e. The zero-order valence-corrected chi connectivity index (χ0v) is 28.8. The summed E-state index contributed by atoms with van der Waals surface area (Å²) in [6.07, 6.45) is 0. The van der Waals surface area contributed by atoms with Crippen molar-refractivity contribution in [1.29, 1.82) is 0 Å².